The van der Waals surface area contributed by atoms with E-state index in [-0.39, 0.29) is 24.0 Å². The third kappa shape index (κ3) is 6.01. The van der Waals surface area contributed by atoms with Crippen LogP contribution in [0, 0.1) is 5.41 Å². The average Bonchev–Trinajstić information content (AvgIpc) is 2.37. The van der Waals surface area contributed by atoms with E-state index in [0.717, 1.165) is 0 Å². The van der Waals surface area contributed by atoms with Crippen molar-refractivity contribution >= 4 is 17.7 Å². The van der Waals surface area contributed by atoms with Crippen LogP contribution in [0.5, 0.6) is 0 Å². The van der Waals surface area contributed by atoms with Gasteiger partial charge in [-0.3, -0.25) is 4.79 Å². The summed E-state index contributed by atoms with van der Waals surface area (Å²) < 4.78 is 24.5. The Kier molecular flexibility index (Phi) is 6.61. The molecule has 118 valence electrons. The van der Waals surface area contributed by atoms with E-state index in [9.17, 15) is 13.6 Å². The van der Waals surface area contributed by atoms with Crippen molar-refractivity contribution in [1.29, 1.82) is 0 Å². The molecule has 0 saturated heterocycles. The van der Waals surface area contributed by atoms with Crippen molar-refractivity contribution < 1.29 is 18.7 Å². The quantitative estimate of drug-likeness (QED) is 0.789. The summed E-state index contributed by atoms with van der Waals surface area (Å²) in [5.41, 5.74) is 0.241. The summed E-state index contributed by atoms with van der Waals surface area (Å²) in [6.07, 6.45) is 0.467. The number of amides is 1. The molecule has 1 unspecified atom stereocenters. The van der Waals surface area contributed by atoms with Crippen LogP contribution in [0.25, 0.3) is 0 Å². The fraction of sp³-hybridized carbons (Fsp3) is 0.533. The molecule has 0 radical (unpaired) electrons. The molecule has 3 nitrogen and oxygen atoms in total. The SMILES string of the molecule is CC(C)(C)C(CCO)NC(=O)c1ccc(SC(F)F)cc1. The van der Waals surface area contributed by atoms with Crippen LogP contribution in [0.15, 0.2) is 29.2 Å². The molecule has 6 heteroatoms. The van der Waals surface area contributed by atoms with E-state index < -0.39 is 5.76 Å². The highest BCUT2D eigenvalue weighted by atomic mass is 32.2. The number of carbonyl (C=O) groups excluding carboxylic acids is 1. The van der Waals surface area contributed by atoms with Gasteiger partial charge >= 0.3 is 0 Å². The van der Waals surface area contributed by atoms with E-state index in [1.54, 1.807) is 0 Å². The number of aliphatic hydroxyl groups is 1. The van der Waals surface area contributed by atoms with E-state index >= 15 is 0 Å². The number of nitrogens with one attached hydrogen (secondary N) is 1. The summed E-state index contributed by atoms with van der Waals surface area (Å²) in [6.45, 7) is 5.94. The molecule has 1 rings (SSSR count). The van der Waals surface area contributed by atoms with Gasteiger partial charge in [0, 0.05) is 23.1 Å². The van der Waals surface area contributed by atoms with E-state index in [4.69, 9.17) is 5.11 Å². The van der Waals surface area contributed by atoms with Crippen LogP contribution in [0.4, 0.5) is 8.78 Å². The molecule has 1 amide bonds. The lowest BCUT2D eigenvalue weighted by atomic mass is 9.85. The summed E-state index contributed by atoms with van der Waals surface area (Å²) in [6, 6.07) is 5.90. The maximum Gasteiger partial charge on any atom is 0.288 e. The number of halogens is 2. The second-order valence-electron chi connectivity index (χ2n) is 5.81. The summed E-state index contributed by atoms with van der Waals surface area (Å²) in [4.78, 5) is 12.6. The van der Waals surface area contributed by atoms with Gasteiger partial charge in [0.1, 0.15) is 0 Å². The van der Waals surface area contributed by atoms with Gasteiger partial charge in [-0.2, -0.15) is 8.78 Å². The molecule has 0 fully saturated rings. The van der Waals surface area contributed by atoms with Crippen molar-refractivity contribution in [2.24, 2.45) is 5.41 Å². The Bertz CT molecular complexity index is 458. The number of aliphatic hydroxyl groups excluding tert-OH is 1. The molecule has 0 aliphatic rings. The third-order valence-electron chi connectivity index (χ3n) is 3.11. The predicted molar refractivity (Wildman–Crippen MR) is 80.7 cm³/mol. The van der Waals surface area contributed by atoms with Crippen LogP contribution >= 0.6 is 11.8 Å². The zero-order valence-electron chi connectivity index (χ0n) is 12.4. The Labute approximate surface area is 128 Å². The van der Waals surface area contributed by atoms with Crippen molar-refractivity contribution in [3.8, 4) is 0 Å². The van der Waals surface area contributed by atoms with Gasteiger partial charge in [0.05, 0.1) is 0 Å². The van der Waals surface area contributed by atoms with Gasteiger partial charge in [-0.1, -0.05) is 32.5 Å². The van der Waals surface area contributed by atoms with Crippen LogP contribution in [0.3, 0.4) is 0 Å². The lowest BCUT2D eigenvalue weighted by molar-refractivity contribution is 0.0885. The number of hydrogen-bond acceptors (Lipinski definition) is 3. The highest BCUT2D eigenvalue weighted by molar-refractivity contribution is 7.99. The molecule has 2 N–H and O–H groups in total. The molecule has 0 bridgehead atoms. The second kappa shape index (κ2) is 7.75. The van der Waals surface area contributed by atoms with Gasteiger partial charge in [-0.25, -0.2) is 0 Å². The summed E-state index contributed by atoms with van der Waals surface area (Å²) >= 11 is 0.447. The van der Waals surface area contributed by atoms with E-state index in [1.165, 1.54) is 24.3 Å². The first-order valence-corrected chi connectivity index (χ1v) is 7.58. The number of alkyl halides is 2. The number of benzene rings is 1. The minimum atomic E-state index is -2.47. The maximum absolute atomic E-state index is 12.2. The molecule has 0 aliphatic carbocycles. The van der Waals surface area contributed by atoms with Gasteiger partial charge < -0.3 is 10.4 Å². The van der Waals surface area contributed by atoms with Crippen molar-refractivity contribution in [3.63, 3.8) is 0 Å². The maximum atomic E-state index is 12.2. The van der Waals surface area contributed by atoms with Crippen LogP contribution < -0.4 is 5.32 Å². The Morgan fingerprint density at radius 2 is 1.86 bits per heavy atom. The standard InChI is InChI=1S/C15H21F2NO2S/c1-15(2,3)12(8-9-19)18-13(20)10-4-6-11(7-5-10)21-14(16)17/h4-7,12,14,19H,8-9H2,1-3H3,(H,18,20). The number of hydrogen-bond donors (Lipinski definition) is 2. The molecule has 0 heterocycles. The highest BCUT2D eigenvalue weighted by Crippen LogP contribution is 2.25. The van der Waals surface area contributed by atoms with Crippen molar-refractivity contribution in [2.75, 3.05) is 6.61 Å². The fourth-order valence-corrected chi connectivity index (χ4v) is 2.38. The normalized spacial score (nSPS) is 13.3. The van der Waals surface area contributed by atoms with Crippen molar-refractivity contribution in [3.05, 3.63) is 29.8 Å². The number of carbonyl (C=O) groups is 1. The van der Waals surface area contributed by atoms with Crippen molar-refractivity contribution in [1.82, 2.24) is 5.32 Å². The minimum Gasteiger partial charge on any atom is -0.396 e. The molecule has 0 spiro atoms. The molecule has 0 saturated carbocycles. The highest BCUT2D eigenvalue weighted by Gasteiger charge is 2.26. The third-order valence-corrected chi connectivity index (χ3v) is 3.83. The predicted octanol–water partition coefficient (Wildman–Crippen LogP) is 3.53. The molecule has 1 aromatic carbocycles. The second-order valence-corrected chi connectivity index (χ2v) is 6.87. The Balaban J connectivity index is 2.74. The average molecular weight is 317 g/mol. The van der Waals surface area contributed by atoms with Gasteiger partial charge in [-0.15, -0.1) is 0 Å². The van der Waals surface area contributed by atoms with Crippen molar-refractivity contribution in [2.45, 2.75) is 43.9 Å². The van der Waals surface area contributed by atoms with Gasteiger partial charge in [0.25, 0.3) is 11.7 Å². The number of thioether (sulfide) groups is 1. The Morgan fingerprint density at radius 1 is 1.29 bits per heavy atom. The first-order chi connectivity index (χ1) is 9.74. The van der Waals surface area contributed by atoms with Gasteiger partial charge in [0.2, 0.25) is 0 Å². The zero-order chi connectivity index (χ0) is 16.0. The fourth-order valence-electron chi connectivity index (χ4n) is 1.88. The smallest absolute Gasteiger partial charge is 0.288 e. The zero-order valence-corrected chi connectivity index (χ0v) is 13.2. The molecule has 21 heavy (non-hydrogen) atoms. The number of rotatable bonds is 6. The molecule has 0 aromatic heterocycles. The minimum absolute atomic E-state index is 0.00776. The molecular weight excluding hydrogens is 296 g/mol. The van der Waals surface area contributed by atoms with Crippen LogP contribution in [-0.4, -0.2) is 29.4 Å². The van der Waals surface area contributed by atoms with Gasteiger partial charge in [-0.05, 0) is 36.1 Å². The first kappa shape index (κ1) is 17.9. The lowest BCUT2D eigenvalue weighted by Gasteiger charge is -2.31. The Hall–Kier alpha value is -1.14. The summed E-state index contributed by atoms with van der Waals surface area (Å²) in [5.74, 6) is -2.74. The van der Waals surface area contributed by atoms with E-state index in [0.29, 0.717) is 28.6 Å². The van der Waals surface area contributed by atoms with Crippen LogP contribution in [-0.2, 0) is 0 Å². The van der Waals surface area contributed by atoms with Crippen LogP contribution in [0.1, 0.15) is 37.6 Å². The van der Waals surface area contributed by atoms with Gasteiger partial charge in [0.15, 0.2) is 0 Å². The molecule has 1 atom stereocenters. The largest absolute Gasteiger partial charge is 0.396 e. The monoisotopic (exact) mass is 317 g/mol. The molecular formula is C15H21F2NO2S. The Morgan fingerprint density at radius 3 is 2.29 bits per heavy atom. The summed E-state index contributed by atoms with van der Waals surface area (Å²) in [5, 5.41) is 12.0. The summed E-state index contributed by atoms with van der Waals surface area (Å²) in [7, 11) is 0. The van der Waals surface area contributed by atoms with E-state index in [2.05, 4.69) is 5.32 Å². The molecule has 1 aromatic rings. The topological polar surface area (TPSA) is 49.3 Å². The first-order valence-electron chi connectivity index (χ1n) is 6.70. The molecule has 0 aliphatic heterocycles. The lowest BCUT2D eigenvalue weighted by Crippen LogP contribution is -2.44. The van der Waals surface area contributed by atoms with E-state index in [1.807, 2.05) is 20.8 Å². The van der Waals surface area contributed by atoms with Crippen LogP contribution in [0.2, 0.25) is 0 Å².